The largest absolute Gasteiger partial charge is 0.486 e. The number of para-hydroxylation sites is 1. The fourth-order valence-electron chi connectivity index (χ4n) is 5.09. The number of fused-ring (bicyclic) bond motifs is 3. The number of hydrogen-bond acceptors (Lipinski definition) is 9. The van der Waals surface area contributed by atoms with Crippen LogP contribution in [-0.2, 0) is 20.9 Å². The SMILES string of the molecule is O=C(CN1C(=O)S/C(=C\c2cn(CC(=O)Nc3ccc4c(c3)OCO4)c3ccccc23)C1=O)Nc1ccc2c(c1)OCCO2. The lowest BCUT2D eigenvalue weighted by Gasteiger charge is -2.19. The van der Waals surface area contributed by atoms with Crippen LogP contribution in [0.2, 0.25) is 0 Å². The van der Waals surface area contributed by atoms with Gasteiger partial charge in [0.25, 0.3) is 11.1 Å². The number of rotatable bonds is 7. The van der Waals surface area contributed by atoms with Crippen LogP contribution in [0, 0.1) is 0 Å². The van der Waals surface area contributed by atoms with Crippen molar-refractivity contribution in [1.29, 1.82) is 0 Å². The molecule has 3 aliphatic rings. The highest BCUT2D eigenvalue weighted by atomic mass is 32.2. The van der Waals surface area contributed by atoms with E-state index in [1.165, 1.54) is 0 Å². The second kappa shape index (κ2) is 11.3. The predicted octanol–water partition coefficient (Wildman–Crippen LogP) is 4.45. The Morgan fingerprint density at radius 3 is 2.20 bits per heavy atom. The molecule has 222 valence electrons. The molecule has 2 N–H and O–H groups in total. The van der Waals surface area contributed by atoms with Crippen LogP contribution in [0.5, 0.6) is 23.0 Å². The van der Waals surface area contributed by atoms with Gasteiger partial charge in [-0.2, -0.15) is 0 Å². The molecular weight excluding hydrogens is 588 g/mol. The number of aromatic nitrogens is 1. The lowest BCUT2D eigenvalue weighted by atomic mass is 10.1. The van der Waals surface area contributed by atoms with Gasteiger partial charge in [-0.05, 0) is 48.2 Å². The maximum absolute atomic E-state index is 13.2. The molecule has 1 aromatic heterocycles. The normalized spacial score (nSPS) is 16.1. The molecule has 1 fully saturated rings. The minimum Gasteiger partial charge on any atom is -0.486 e. The number of hydrogen-bond donors (Lipinski definition) is 2. The van der Waals surface area contributed by atoms with Crippen molar-refractivity contribution in [2.45, 2.75) is 6.54 Å². The van der Waals surface area contributed by atoms with Gasteiger partial charge < -0.3 is 34.1 Å². The number of nitrogens with zero attached hydrogens (tertiary/aromatic N) is 2. The molecule has 4 heterocycles. The topological polar surface area (TPSA) is 137 Å². The van der Waals surface area contributed by atoms with E-state index in [-0.39, 0.29) is 24.2 Å². The molecular formula is C31H24N4O8S. The monoisotopic (exact) mass is 612 g/mol. The van der Waals surface area contributed by atoms with Gasteiger partial charge in [-0.1, -0.05) is 18.2 Å². The highest BCUT2D eigenvalue weighted by Crippen LogP contribution is 2.36. The van der Waals surface area contributed by atoms with E-state index in [1.54, 1.807) is 53.2 Å². The minimum atomic E-state index is -0.574. The van der Waals surface area contributed by atoms with Gasteiger partial charge >= 0.3 is 0 Å². The maximum atomic E-state index is 13.2. The average Bonchev–Trinajstić information content (AvgIpc) is 3.70. The fraction of sp³-hybridized carbons (Fsp3) is 0.161. The Morgan fingerprint density at radius 2 is 1.43 bits per heavy atom. The smallest absolute Gasteiger partial charge is 0.294 e. The molecule has 0 saturated carbocycles. The fourth-order valence-corrected chi connectivity index (χ4v) is 5.92. The Morgan fingerprint density at radius 1 is 0.795 bits per heavy atom. The highest BCUT2D eigenvalue weighted by molar-refractivity contribution is 8.18. The van der Waals surface area contributed by atoms with E-state index in [9.17, 15) is 19.2 Å². The Bertz CT molecular complexity index is 1880. The van der Waals surface area contributed by atoms with Gasteiger partial charge in [-0.25, -0.2) is 0 Å². The molecule has 44 heavy (non-hydrogen) atoms. The molecule has 0 aliphatic carbocycles. The van der Waals surface area contributed by atoms with E-state index in [2.05, 4.69) is 10.6 Å². The number of carbonyl (C=O) groups is 4. The Labute approximate surface area is 254 Å². The number of amides is 4. The van der Waals surface area contributed by atoms with Crippen molar-refractivity contribution in [2.75, 3.05) is 37.2 Å². The van der Waals surface area contributed by atoms with E-state index < -0.39 is 23.6 Å². The van der Waals surface area contributed by atoms with Crippen LogP contribution in [0.3, 0.4) is 0 Å². The van der Waals surface area contributed by atoms with E-state index >= 15 is 0 Å². The molecule has 3 aliphatic heterocycles. The summed E-state index contributed by atoms with van der Waals surface area (Å²) in [6.07, 6.45) is 3.37. The van der Waals surface area contributed by atoms with Gasteiger partial charge in [-0.3, -0.25) is 24.1 Å². The quantitative estimate of drug-likeness (QED) is 0.290. The number of thioether (sulfide) groups is 1. The van der Waals surface area contributed by atoms with Gasteiger partial charge in [-0.15, -0.1) is 0 Å². The molecule has 3 aromatic carbocycles. The third-order valence-electron chi connectivity index (χ3n) is 7.08. The van der Waals surface area contributed by atoms with Crippen molar-refractivity contribution in [1.82, 2.24) is 9.47 Å². The number of benzene rings is 3. The summed E-state index contributed by atoms with van der Waals surface area (Å²) < 4.78 is 23.5. The summed E-state index contributed by atoms with van der Waals surface area (Å²) in [5, 5.41) is 5.81. The van der Waals surface area contributed by atoms with Gasteiger partial charge in [0.2, 0.25) is 18.6 Å². The third-order valence-corrected chi connectivity index (χ3v) is 7.98. The zero-order chi connectivity index (χ0) is 30.2. The Kier molecular flexibility index (Phi) is 7.06. The maximum Gasteiger partial charge on any atom is 0.294 e. The van der Waals surface area contributed by atoms with E-state index in [0.717, 1.165) is 27.6 Å². The summed E-state index contributed by atoms with van der Waals surface area (Å²) in [6.45, 7) is 0.547. The average molecular weight is 613 g/mol. The molecule has 13 heteroatoms. The van der Waals surface area contributed by atoms with Crippen molar-refractivity contribution in [3.8, 4) is 23.0 Å². The zero-order valence-electron chi connectivity index (χ0n) is 23.0. The Balaban J connectivity index is 1.05. The van der Waals surface area contributed by atoms with Gasteiger partial charge in [0, 0.05) is 46.2 Å². The molecule has 12 nitrogen and oxygen atoms in total. The predicted molar refractivity (Wildman–Crippen MR) is 162 cm³/mol. The van der Waals surface area contributed by atoms with Crippen LogP contribution in [0.1, 0.15) is 5.56 Å². The summed E-state index contributed by atoms with van der Waals surface area (Å²) in [6, 6.07) is 17.6. The first-order valence-electron chi connectivity index (χ1n) is 13.6. The van der Waals surface area contributed by atoms with Crippen molar-refractivity contribution >= 4 is 63.1 Å². The minimum absolute atomic E-state index is 0.00427. The van der Waals surface area contributed by atoms with Gasteiger partial charge in [0.1, 0.15) is 26.3 Å². The number of carbonyl (C=O) groups excluding carboxylic acids is 4. The van der Waals surface area contributed by atoms with Crippen molar-refractivity contribution in [3.63, 3.8) is 0 Å². The first-order valence-corrected chi connectivity index (χ1v) is 14.5. The summed E-state index contributed by atoms with van der Waals surface area (Å²) in [7, 11) is 0. The summed E-state index contributed by atoms with van der Waals surface area (Å²) in [4.78, 5) is 52.7. The van der Waals surface area contributed by atoms with Crippen LogP contribution < -0.4 is 29.6 Å². The lowest BCUT2D eigenvalue weighted by Crippen LogP contribution is -2.36. The highest BCUT2D eigenvalue weighted by Gasteiger charge is 2.36. The summed E-state index contributed by atoms with van der Waals surface area (Å²) >= 11 is 0.758. The first-order chi connectivity index (χ1) is 21.4. The van der Waals surface area contributed by atoms with Crippen molar-refractivity contribution < 1.29 is 38.1 Å². The Hall–Kier alpha value is -5.43. The van der Waals surface area contributed by atoms with Crippen LogP contribution in [-0.4, -0.2) is 59.0 Å². The molecule has 0 bridgehead atoms. The third kappa shape index (κ3) is 5.40. The number of imide groups is 1. The molecule has 0 atom stereocenters. The number of anilines is 2. The zero-order valence-corrected chi connectivity index (χ0v) is 23.8. The van der Waals surface area contributed by atoms with Crippen LogP contribution in [0.25, 0.3) is 17.0 Å². The van der Waals surface area contributed by atoms with E-state index in [1.807, 2.05) is 24.3 Å². The number of ether oxygens (including phenoxy) is 4. The molecule has 4 amide bonds. The van der Waals surface area contributed by atoms with Crippen molar-refractivity contribution in [3.05, 3.63) is 77.3 Å². The first kappa shape index (κ1) is 27.4. The van der Waals surface area contributed by atoms with Gasteiger partial charge in [0.05, 0.1) is 4.91 Å². The van der Waals surface area contributed by atoms with E-state index in [4.69, 9.17) is 18.9 Å². The second-order valence-corrected chi connectivity index (χ2v) is 11.0. The second-order valence-electron chi connectivity index (χ2n) is 10.0. The van der Waals surface area contributed by atoms with Crippen LogP contribution in [0.4, 0.5) is 16.2 Å². The summed E-state index contributed by atoms with van der Waals surface area (Å²) in [5.41, 5.74) is 2.46. The molecule has 7 rings (SSSR count). The molecule has 4 aromatic rings. The molecule has 1 saturated heterocycles. The van der Waals surface area contributed by atoms with Crippen LogP contribution >= 0.6 is 11.8 Å². The standard InChI is InChI=1S/C31H24N4O8S/c36-28(32-20-6-8-24-26(13-20)43-17-42-24)15-34-14-18(21-3-1-2-4-22(21)34)11-27-30(38)35(31(39)44-27)16-29(37)33-19-5-7-23-25(12-19)41-10-9-40-23/h1-8,11-14H,9-10,15-17H2,(H,32,36)(H,33,37)/b27-11-. The molecule has 0 spiro atoms. The summed E-state index contributed by atoms with van der Waals surface area (Å²) in [5.74, 6) is 0.899. The lowest BCUT2D eigenvalue weighted by molar-refractivity contribution is -0.127. The van der Waals surface area contributed by atoms with Crippen molar-refractivity contribution in [2.24, 2.45) is 0 Å². The molecule has 0 unspecified atom stereocenters. The van der Waals surface area contributed by atoms with Crippen LogP contribution in [0.15, 0.2) is 71.8 Å². The number of nitrogens with one attached hydrogen (secondary N) is 2. The molecule has 0 radical (unpaired) electrons. The van der Waals surface area contributed by atoms with Gasteiger partial charge in [0.15, 0.2) is 23.0 Å². The van der Waals surface area contributed by atoms with E-state index in [0.29, 0.717) is 53.2 Å².